The van der Waals surface area contributed by atoms with E-state index in [1.807, 2.05) is 32.9 Å². The molecule has 0 aromatic heterocycles. The molecule has 1 N–H and O–H groups in total. The first-order valence-electron chi connectivity index (χ1n) is 6.09. The van der Waals surface area contributed by atoms with E-state index in [0.29, 0.717) is 5.92 Å². The summed E-state index contributed by atoms with van der Waals surface area (Å²) in [5, 5.41) is 3.32. The number of allylic oxidation sites excluding steroid dienone is 1. The van der Waals surface area contributed by atoms with E-state index in [0.717, 1.165) is 24.4 Å². The van der Waals surface area contributed by atoms with Crippen LogP contribution in [0.5, 0.6) is 0 Å². The van der Waals surface area contributed by atoms with Gasteiger partial charge in [-0.3, -0.25) is 0 Å². The van der Waals surface area contributed by atoms with Crippen LogP contribution in [0.25, 0.3) is 0 Å². The average Bonchev–Trinajstić information content (AvgIpc) is 2.34. The minimum atomic E-state index is 0.159. The Balaban J connectivity index is 0.00000106. The minimum absolute atomic E-state index is 0.159. The molecule has 2 unspecified atom stereocenters. The summed E-state index contributed by atoms with van der Waals surface area (Å²) in [6.07, 6.45) is 3.85. The van der Waals surface area contributed by atoms with Crippen LogP contribution in [-0.4, -0.2) is 19.3 Å². The van der Waals surface area contributed by atoms with Crippen LogP contribution in [0.1, 0.15) is 27.7 Å². The molecule has 2 nitrogen and oxygen atoms in total. The number of ether oxygens (including phenoxy) is 1. The van der Waals surface area contributed by atoms with Gasteiger partial charge in [-0.15, -0.1) is 0 Å². The van der Waals surface area contributed by atoms with Crippen LogP contribution in [0.3, 0.4) is 0 Å². The van der Waals surface area contributed by atoms with E-state index in [-0.39, 0.29) is 6.10 Å². The Morgan fingerprint density at radius 1 is 1.38 bits per heavy atom. The number of hydrogen-bond acceptors (Lipinski definition) is 2. The summed E-state index contributed by atoms with van der Waals surface area (Å²) in [6.45, 7) is 17.5. The highest BCUT2D eigenvalue weighted by Gasteiger charge is 2.26. The largest absolute Gasteiger partial charge is 0.384 e. The molecule has 2 heteroatoms. The predicted octanol–water partition coefficient (Wildman–Crippen LogP) is 3.28. The fourth-order valence-corrected chi connectivity index (χ4v) is 1.79. The van der Waals surface area contributed by atoms with Crippen molar-refractivity contribution < 1.29 is 4.74 Å². The Hall–Kier alpha value is -1.02. The van der Waals surface area contributed by atoms with Crippen LogP contribution in [0.4, 0.5) is 0 Å². The molecule has 0 amide bonds. The summed E-state index contributed by atoms with van der Waals surface area (Å²) in [7, 11) is 0. The molecule has 1 aliphatic heterocycles. The van der Waals surface area contributed by atoms with E-state index < -0.39 is 0 Å². The third-order valence-corrected chi connectivity index (χ3v) is 2.52. The summed E-state index contributed by atoms with van der Waals surface area (Å²) in [6, 6.07) is 0. The average molecular weight is 223 g/mol. The van der Waals surface area contributed by atoms with Crippen molar-refractivity contribution in [3.8, 4) is 0 Å². The maximum absolute atomic E-state index is 5.71. The smallest absolute Gasteiger partial charge is 0.0886 e. The number of hydrogen-bond donors (Lipinski definition) is 1. The van der Waals surface area contributed by atoms with Crippen molar-refractivity contribution in [2.45, 2.75) is 33.8 Å². The second kappa shape index (κ2) is 8.17. The molecule has 0 spiro atoms. The van der Waals surface area contributed by atoms with Crippen LogP contribution in [0.2, 0.25) is 0 Å². The normalized spacial score (nSPS) is 24.0. The maximum Gasteiger partial charge on any atom is 0.0886 e. The molecule has 1 aliphatic rings. The molecule has 0 bridgehead atoms. The van der Waals surface area contributed by atoms with Gasteiger partial charge in [0.2, 0.25) is 0 Å². The van der Waals surface area contributed by atoms with E-state index in [1.54, 1.807) is 0 Å². The molecule has 16 heavy (non-hydrogen) atoms. The lowest BCUT2D eigenvalue weighted by atomic mass is 9.91. The lowest BCUT2D eigenvalue weighted by molar-refractivity contribution is 0.0484. The summed E-state index contributed by atoms with van der Waals surface area (Å²) >= 11 is 0. The Labute approximate surface area is 100 Å². The lowest BCUT2D eigenvalue weighted by Crippen LogP contribution is -2.38. The topological polar surface area (TPSA) is 21.3 Å². The van der Waals surface area contributed by atoms with Crippen molar-refractivity contribution >= 4 is 0 Å². The summed E-state index contributed by atoms with van der Waals surface area (Å²) in [4.78, 5) is 0. The first-order chi connectivity index (χ1) is 7.74. The van der Waals surface area contributed by atoms with Gasteiger partial charge in [0.15, 0.2) is 0 Å². The number of rotatable bonds is 4. The molecule has 1 rings (SSSR count). The van der Waals surface area contributed by atoms with Gasteiger partial charge in [0.25, 0.3) is 0 Å². The van der Waals surface area contributed by atoms with Crippen molar-refractivity contribution in [1.29, 1.82) is 0 Å². The van der Waals surface area contributed by atoms with Gasteiger partial charge in [-0.25, -0.2) is 0 Å². The molecule has 0 saturated carbocycles. The van der Waals surface area contributed by atoms with Gasteiger partial charge in [-0.1, -0.05) is 40.0 Å². The van der Waals surface area contributed by atoms with Gasteiger partial charge in [0.05, 0.1) is 6.10 Å². The second-order valence-electron chi connectivity index (χ2n) is 3.51. The Morgan fingerprint density at radius 2 is 2.00 bits per heavy atom. The van der Waals surface area contributed by atoms with Crippen LogP contribution in [0, 0.1) is 5.92 Å². The van der Waals surface area contributed by atoms with E-state index in [4.69, 9.17) is 4.74 Å². The molecule has 0 fully saturated rings. The van der Waals surface area contributed by atoms with Crippen LogP contribution < -0.4 is 5.32 Å². The van der Waals surface area contributed by atoms with Gasteiger partial charge in [0.1, 0.15) is 0 Å². The van der Waals surface area contributed by atoms with Crippen molar-refractivity contribution in [3.63, 3.8) is 0 Å². The molecular weight excluding hydrogens is 198 g/mol. The lowest BCUT2D eigenvalue weighted by Gasteiger charge is -2.32. The highest BCUT2D eigenvalue weighted by molar-refractivity contribution is 5.35. The van der Waals surface area contributed by atoms with Crippen molar-refractivity contribution in [1.82, 2.24) is 5.32 Å². The molecule has 0 radical (unpaired) electrons. The van der Waals surface area contributed by atoms with Gasteiger partial charge < -0.3 is 10.1 Å². The first kappa shape index (κ1) is 15.0. The molecule has 0 aliphatic carbocycles. The molecule has 1 heterocycles. The van der Waals surface area contributed by atoms with Gasteiger partial charge >= 0.3 is 0 Å². The fraction of sp³-hybridized carbons (Fsp3) is 0.571. The van der Waals surface area contributed by atoms with Gasteiger partial charge in [-0.05, 0) is 13.0 Å². The molecule has 0 aromatic carbocycles. The summed E-state index contributed by atoms with van der Waals surface area (Å²) in [5.41, 5.74) is 2.18. The highest BCUT2D eigenvalue weighted by Crippen LogP contribution is 2.24. The van der Waals surface area contributed by atoms with Crippen molar-refractivity contribution in [2.75, 3.05) is 13.2 Å². The van der Waals surface area contributed by atoms with E-state index in [9.17, 15) is 0 Å². The Bertz CT molecular complexity index is 255. The van der Waals surface area contributed by atoms with Crippen LogP contribution in [0.15, 0.2) is 36.6 Å². The zero-order chi connectivity index (χ0) is 12.6. The summed E-state index contributed by atoms with van der Waals surface area (Å²) in [5.74, 6) is 0.478. The third-order valence-electron chi connectivity index (χ3n) is 2.52. The summed E-state index contributed by atoms with van der Waals surface area (Å²) < 4.78 is 5.71. The SMILES string of the molecule is C=CC1=C(C=C)C(OCC)C(C)CN1.CC. The third kappa shape index (κ3) is 3.53. The second-order valence-corrected chi connectivity index (χ2v) is 3.51. The molecular formula is C14H25NO. The van der Waals surface area contributed by atoms with Gasteiger partial charge in [0, 0.05) is 30.3 Å². The zero-order valence-electron chi connectivity index (χ0n) is 11.0. The van der Waals surface area contributed by atoms with Crippen LogP contribution in [-0.2, 0) is 4.74 Å². The maximum atomic E-state index is 5.71. The van der Waals surface area contributed by atoms with Crippen molar-refractivity contribution in [3.05, 3.63) is 36.6 Å². The molecule has 0 saturated heterocycles. The Morgan fingerprint density at radius 3 is 2.44 bits per heavy atom. The highest BCUT2D eigenvalue weighted by atomic mass is 16.5. The zero-order valence-corrected chi connectivity index (χ0v) is 11.0. The molecule has 0 aromatic rings. The monoisotopic (exact) mass is 223 g/mol. The quantitative estimate of drug-likeness (QED) is 0.789. The number of nitrogens with one attached hydrogen (secondary N) is 1. The van der Waals surface area contributed by atoms with Gasteiger partial charge in [-0.2, -0.15) is 0 Å². The standard InChI is InChI=1S/C12H19NO.C2H6/c1-5-10-11(6-2)13-8-9(4)12(10)14-7-3;1-2/h5-6,9,12-13H,1-2,7-8H2,3-4H3;1-2H3. The van der Waals surface area contributed by atoms with E-state index in [2.05, 4.69) is 25.4 Å². The van der Waals surface area contributed by atoms with Crippen molar-refractivity contribution in [2.24, 2.45) is 5.92 Å². The predicted molar refractivity (Wildman–Crippen MR) is 71.3 cm³/mol. The van der Waals surface area contributed by atoms with E-state index in [1.165, 1.54) is 0 Å². The Kier molecular flexibility index (Phi) is 7.65. The molecule has 2 atom stereocenters. The fourth-order valence-electron chi connectivity index (χ4n) is 1.79. The van der Waals surface area contributed by atoms with Crippen LogP contribution >= 0.6 is 0 Å². The molecule has 92 valence electrons. The first-order valence-corrected chi connectivity index (χ1v) is 6.09. The van der Waals surface area contributed by atoms with E-state index >= 15 is 0 Å². The minimum Gasteiger partial charge on any atom is -0.384 e.